The van der Waals surface area contributed by atoms with Gasteiger partial charge in [-0.05, 0) is 13.3 Å². The van der Waals surface area contributed by atoms with Gasteiger partial charge in [-0.15, -0.1) is 11.3 Å². The van der Waals surface area contributed by atoms with E-state index in [0.717, 1.165) is 30.1 Å². The van der Waals surface area contributed by atoms with Crippen LogP contribution in [0.5, 0.6) is 0 Å². The van der Waals surface area contributed by atoms with Crippen molar-refractivity contribution in [1.82, 2.24) is 14.5 Å². The second kappa shape index (κ2) is 6.47. The lowest BCUT2D eigenvalue weighted by atomic mass is 10.4. The summed E-state index contributed by atoms with van der Waals surface area (Å²) in [6.45, 7) is 5.42. The third kappa shape index (κ3) is 3.64. The van der Waals surface area contributed by atoms with Crippen LogP contribution in [0.25, 0.3) is 0 Å². The van der Waals surface area contributed by atoms with Gasteiger partial charge < -0.3 is 9.88 Å². The van der Waals surface area contributed by atoms with E-state index in [1.165, 1.54) is 0 Å². The summed E-state index contributed by atoms with van der Waals surface area (Å²) in [6, 6.07) is 0. The molecule has 0 amide bonds. The van der Waals surface area contributed by atoms with Crippen molar-refractivity contribution in [3.63, 3.8) is 0 Å². The molecule has 0 spiro atoms. The number of aryl methyl sites for hydroxylation is 2. The van der Waals surface area contributed by atoms with Gasteiger partial charge in [-0.1, -0.05) is 6.92 Å². The van der Waals surface area contributed by atoms with Crippen molar-refractivity contribution in [2.45, 2.75) is 33.2 Å². The van der Waals surface area contributed by atoms with Crippen LogP contribution in [0.3, 0.4) is 0 Å². The Morgan fingerprint density at radius 3 is 3.00 bits per heavy atom. The summed E-state index contributed by atoms with van der Waals surface area (Å²) in [4.78, 5) is 20.5. The lowest BCUT2D eigenvalue weighted by molar-refractivity contribution is 0.649. The van der Waals surface area contributed by atoms with Crippen LogP contribution in [0.2, 0.25) is 0 Å². The molecule has 0 saturated heterocycles. The molecule has 0 bridgehead atoms. The second-order valence-electron chi connectivity index (χ2n) is 4.33. The third-order valence-corrected chi connectivity index (χ3v) is 3.70. The molecule has 0 aliphatic rings. The molecular formula is C13H18N4OS. The topological polar surface area (TPSA) is 59.8 Å². The molecule has 6 heteroatoms. The molecule has 2 aromatic heterocycles. The van der Waals surface area contributed by atoms with Gasteiger partial charge in [0.25, 0.3) is 5.56 Å². The van der Waals surface area contributed by atoms with Gasteiger partial charge in [0.15, 0.2) is 5.82 Å². The van der Waals surface area contributed by atoms with Gasteiger partial charge in [-0.25, -0.2) is 9.97 Å². The first-order chi connectivity index (χ1) is 9.20. The second-order valence-corrected chi connectivity index (χ2v) is 5.28. The molecule has 2 rings (SSSR count). The Kier molecular flexibility index (Phi) is 4.68. The molecule has 2 aromatic rings. The fraction of sp³-hybridized carbons (Fsp3) is 0.462. The Labute approximate surface area is 116 Å². The van der Waals surface area contributed by atoms with Crippen LogP contribution in [0.15, 0.2) is 22.6 Å². The number of thiazole rings is 1. The number of rotatable bonds is 6. The number of hydrogen-bond donors (Lipinski definition) is 1. The van der Waals surface area contributed by atoms with E-state index in [2.05, 4.69) is 15.3 Å². The van der Waals surface area contributed by atoms with E-state index in [4.69, 9.17) is 0 Å². The van der Waals surface area contributed by atoms with Gasteiger partial charge in [-0.2, -0.15) is 0 Å². The van der Waals surface area contributed by atoms with Crippen molar-refractivity contribution in [2.75, 3.05) is 11.9 Å². The maximum Gasteiger partial charge on any atom is 0.293 e. The molecule has 1 N–H and O–H groups in total. The third-order valence-electron chi connectivity index (χ3n) is 2.68. The summed E-state index contributed by atoms with van der Waals surface area (Å²) in [7, 11) is 0. The van der Waals surface area contributed by atoms with E-state index in [1.54, 1.807) is 28.3 Å². The first kappa shape index (κ1) is 13.7. The number of aromatic nitrogens is 3. The van der Waals surface area contributed by atoms with Crippen molar-refractivity contribution in [1.29, 1.82) is 0 Å². The number of nitrogens with zero attached hydrogens (tertiary/aromatic N) is 3. The summed E-state index contributed by atoms with van der Waals surface area (Å²) < 4.78 is 1.68. The Bertz CT molecular complexity index is 590. The molecule has 0 fully saturated rings. The predicted molar refractivity (Wildman–Crippen MR) is 77.8 cm³/mol. The Morgan fingerprint density at radius 2 is 2.32 bits per heavy atom. The molecule has 0 aliphatic carbocycles. The molecule has 0 unspecified atom stereocenters. The highest BCUT2D eigenvalue weighted by molar-refractivity contribution is 7.09. The molecule has 2 heterocycles. The van der Waals surface area contributed by atoms with Crippen LogP contribution in [0.4, 0.5) is 5.82 Å². The Morgan fingerprint density at radius 1 is 1.47 bits per heavy atom. The van der Waals surface area contributed by atoms with Crippen LogP contribution in [0, 0.1) is 6.92 Å². The fourth-order valence-electron chi connectivity index (χ4n) is 1.79. The standard InChI is InChI=1S/C13H18N4OS/c1-3-7-17-8-6-15-12(13(17)18)14-5-4-11-16-10(2)9-19-11/h6,8-9H,3-5,7H2,1-2H3,(H,14,15). The summed E-state index contributed by atoms with van der Waals surface area (Å²) in [5, 5.41) is 6.20. The van der Waals surface area contributed by atoms with Crippen molar-refractivity contribution in [2.24, 2.45) is 0 Å². The largest absolute Gasteiger partial charge is 0.365 e. The molecule has 0 atom stereocenters. The van der Waals surface area contributed by atoms with Gasteiger partial charge in [0.1, 0.15) is 0 Å². The maximum absolute atomic E-state index is 12.0. The summed E-state index contributed by atoms with van der Waals surface area (Å²) in [5.41, 5.74) is 0.989. The van der Waals surface area contributed by atoms with E-state index in [-0.39, 0.29) is 5.56 Å². The Balaban J connectivity index is 1.96. The average Bonchev–Trinajstić information content (AvgIpc) is 2.80. The van der Waals surface area contributed by atoms with Crippen LogP contribution in [0.1, 0.15) is 24.0 Å². The normalized spacial score (nSPS) is 10.6. The molecular weight excluding hydrogens is 260 g/mol. The molecule has 0 aromatic carbocycles. The van der Waals surface area contributed by atoms with Crippen LogP contribution in [-0.4, -0.2) is 21.1 Å². The minimum absolute atomic E-state index is 0.0559. The zero-order valence-corrected chi connectivity index (χ0v) is 12.0. The van der Waals surface area contributed by atoms with Crippen molar-refractivity contribution in [3.8, 4) is 0 Å². The zero-order valence-electron chi connectivity index (χ0n) is 11.2. The summed E-state index contributed by atoms with van der Waals surface area (Å²) >= 11 is 1.65. The lowest BCUT2D eigenvalue weighted by Gasteiger charge is -2.07. The van der Waals surface area contributed by atoms with E-state index in [1.807, 2.05) is 19.2 Å². The molecule has 19 heavy (non-hydrogen) atoms. The van der Waals surface area contributed by atoms with Crippen LogP contribution in [-0.2, 0) is 13.0 Å². The van der Waals surface area contributed by atoms with E-state index in [0.29, 0.717) is 12.4 Å². The highest BCUT2D eigenvalue weighted by atomic mass is 32.1. The van der Waals surface area contributed by atoms with Gasteiger partial charge in [0.05, 0.1) is 5.01 Å². The van der Waals surface area contributed by atoms with E-state index in [9.17, 15) is 4.79 Å². The molecule has 0 aliphatic heterocycles. The number of hydrogen-bond acceptors (Lipinski definition) is 5. The highest BCUT2D eigenvalue weighted by Gasteiger charge is 2.04. The smallest absolute Gasteiger partial charge is 0.293 e. The monoisotopic (exact) mass is 278 g/mol. The van der Waals surface area contributed by atoms with E-state index >= 15 is 0 Å². The van der Waals surface area contributed by atoms with Crippen molar-refractivity contribution >= 4 is 17.2 Å². The van der Waals surface area contributed by atoms with Crippen molar-refractivity contribution in [3.05, 3.63) is 38.8 Å². The minimum Gasteiger partial charge on any atom is -0.365 e. The maximum atomic E-state index is 12.0. The van der Waals surface area contributed by atoms with Crippen LogP contribution < -0.4 is 10.9 Å². The van der Waals surface area contributed by atoms with Gasteiger partial charge in [0.2, 0.25) is 0 Å². The van der Waals surface area contributed by atoms with Gasteiger partial charge >= 0.3 is 0 Å². The Hall–Kier alpha value is -1.69. The van der Waals surface area contributed by atoms with Crippen LogP contribution >= 0.6 is 11.3 Å². The van der Waals surface area contributed by atoms with Gasteiger partial charge in [0, 0.05) is 43.0 Å². The summed E-state index contributed by atoms with van der Waals surface area (Å²) in [6.07, 6.45) is 5.12. The van der Waals surface area contributed by atoms with E-state index < -0.39 is 0 Å². The minimum atomic E-state index is -0.0559. The molecule has 102 valence electrons. The summed E-state index contributed by atoms with van der Waals surface area (Å²) in [5.74, 6) is 0.421. The molecule has 5 nitrogen and oxygen atoms in total. The average molecular weight is 278 g/mol. The zero-order chi connectivity index (χ0) is 13.7. The lowest BCUT2D eigenvalue weighted by Crippen LogP contribution is -2.25. The highest BCUT2D eigenvalue weighted by Crippen LogP contribution is 2.09. The molecule has 0 saturated carbocycles. The fourth-order valence-corrected chi connectivity index (χ4v) is 2.57. The molecule has 0 radical (unpaired) electrons. The number of anilines is 1. The SMILES string of the molecule is CCCn1ccnc(NCCc2nc(C)cs2)c1=O. The first-order valence-corrected chi connectivity index (χ1v) is 7.29. The predicted octanol–water partition coefficient (Wildman–Crippen LogP) is 2.07. The quantitative estimate of drug-likeness (QED) is 0.879. The van der Waals surface area contributed by atoms with Crippen molar-refractivity contribution < 1.29 is 0 Å². The first-order valence-electron chi connectivity index (χ1n) is 6.41. The number of nitrogens with one attached hydrogen (secondary N) is 1. The van der Waals surface area contributed by atoms with Gasteiger partial charge in [-0.3, -0.25) is 4.79 Å².